The van der Waals surface area contributed by atoms with Crippen molar-refractivity contribution in [2.45, 2.75) is 18.9 Å². The Bertz CT molecular complexity index is 655. The van der Waals surface area contributed by atoms with Crippen LogP contribution >= 0.6 is 0 Å². The third-order valence-electron chi connectivity index (χ3n) is 4.72. The Morgan fingerprint density at radius 3 is 2.40 bits per heavy atom. The van der Waals surface area contributed by atoms with E-state index in [0.717, 1.165) is 43.7 Å². The van der Waals surface area contributed by atoms with Crippen molar-refractivity contribution >= 4 is 5.91 Å². The number of β-amino-alcohol motifs (C(OH)–C–C–N with tert-alkyl or cyclic N) is 1. The summed E-state index contributed by atoms with van der Waals surface area (Å²) >= 11 is 0. The number of piperazine rings is 1. The van der Waals surface area contributed by atoms with Gasteiger partial charge in [-0.25, -0.2) is 0 Å². The molecule has 1 aliphatic heterocycles. The first-order chi connectivity index (χ1) is 12.2. The summed E-state index contributed by atoms with van der Waals surface area (Å²) in [5, 5.41) is 10.3. The Kier molecular flexibility index (Phi) is 6.14. The molecule has 2 heterocycles. The Morgan fingerprint density at radius 2 is 1.72 bits per heavy atom. The molecule has 3 rings (SSSR count). The van der Waals surface area contributed by atoms with Gasteiger partial charge in [0.1, 0.15) is 0 Å². The van der Waals surface area contributed by atoms with Crippen LogP contribution in [0.2, 0.25) is 0 Å². The van der Waals surface area contributed by atoms with Crippen LogP contribution in [0.15, 0.2) is 54.9 Å². The zero-order valence-electron chi connectivity index (χ0n) is 14.4. The van der Waals surface area contributed by atoms with Crippen LogP contribution in [0, 0.1) is 0 Å². The number of hydrogen-bond acceptors (Lipinski definition) is 4. The highest BCUT2D eigenvalue weighted by Crippen LogP contribution is 2.15. The minimum atomic E-state index is -0.477. The molecule has 0 bridgehead atoms. The van der Waals surface area contributed by atoms with E-state index in [9.17, 15) is 9.90 Å². The average Bonchev–Trinajstić information content (AvgIpc) is 2.68. The molecule has 1 aromatic heterocycles. The average molecular weight is 339 g/mol. The Morgan fingerprint density at radius 1 is 1.04 bits per heavy atom. The van der Waals surface area contributed by atoms with Crippen LogP contribution in [0.3, 0.4) is 0 Å². The number of carbonyl (C=O) groups excluding carboxylic acids is 1. The number of aliphatic hydroxyl groups excluding tert-OH is 1. The molecule has 5 heteroatoms. The number of carbonyl (C=O) groups is 1. The third-order valence-corrected chi connectivity index (χ3v) is 4.72. The number of pyridine rings is 1. The molecule has 1 atom stereocenters. The molecule has 1 saturated heterocycles. The second kappa shape index (κ2) is 8.74. The smallest absolute Gasteiger partial charge is 0.222 e. The Hall–Kier alpha value is -2.24. The second-order valence-corrected chi connectivity index (χ2v) is 6.46. The summed E-state index contributed by atoms with van der Waals surface area (Å²) in [5.74, 6) is 0.208. The molecule has 1 amide bonds. The topological polar surface area (TPSA) is 56.7 Å². The van der Waals surface area contributed by atoms with Gasteiger partial charge >= 0.3 is 0 Å². The highest BCUT2D eigenvalue weighted by atomic mass is 16.3. The molecule has 1 N–H and O–H groups in total. The van der Waals surface area contributed by atoms with Gasteiger partial charge in [0.15, 0.2) is 0 Å². The quantitative estimate of drug-likeness (QED) is 0.873. The fourth-order valence-corrected chi connectivity index (χ4v) is 3.16. The first-order valence-corrected chi connectivity index (χ1v) is 8.84. The first-order valence-electron chi connectivity index (χ1n) is 8.84. The Labute approximate surface area is 148 Å². The second-order valence-electron chi connectivity index (χ2n) is 6.46. The molecule has 1 fully saturated rings. The van der Waals surface area contributed by atoms with E-state index in [2.05, 4.69) is 9.88 Å². The molecule has 1 unspecified atom stereocenters. The van der Waals surface area contributed by atoms with E-state index in [4.69, 9.17) is 0 Å². The first kappa shape index (κ1) is 17.6. The monoisotopic (exact) mass is 339 g/mol. The molecular formula is C20H25N3O2. The molecule has 0 saturated carbocycles. The van der Waals surface area contributed by atoms with Gasteiger partial charge in [0, 0.05) is 51.5 Å². The summed E-state index contributed by atoms with van der Waals surface area (Å²) in [7, 11) is 0. The summed E-state index contributed by atoms with van der Waals surface area (Å²) in [6.07, 6.45) is 4.34. The maximum absolute atomic E-state index is 12.4. The largest absolute Gasteiger partial charge is 0.387 e. The Balaban J connectivity index is 1.41. The van der Waals surface area contributed by atoms with Crippen molar-refractivity contribution in [3.05, 3.63) is 66.0 Å². The van der Waals surface area contributed by atoms with Crippen LogP contribution < -0.4 is 0 Å². The summed E-state index contributed by atoms with van der Waals surface area (Å²) in [6.45, 7) is 3.70. The van der Waals surface area contributed by atoms with E-state index in [0.29, 0.717) is 13.0 Å². The SMILES string of the molecule is O=C(CCc1ccncc1)N1CCN(CC(O)c2ccccc2)CC1. The number of amides is 1. The molecule has 1 aliphatic rings. The lowest BCUT2D eigenvalue weighted by atomic mass is 10.1. The summed E-state index contributed by atoms with van der Waals surface area (Å²) in [5.41, 5.74) is 2.09. The van der Waals surface area contributed by atoms with Gasteiger partial charge in [-0.15, -0.1) is 0 Å². The molecule has 25 heavy (non-hydrogen) atoms. The van der Waals surface area contributed by atoms with Crippen LogP contribution in [0.1, 0.15) is 23.7 Å². The lowest BCUT2D eigenvalue weighted by molar-refractivity contribution is -0.133. The van der Waals surface area contributed by atoms with Gasteiger partial charge in [0.05, 0.1) is 6.10 Å². The van der Waals surface area contributed by atoms with Gasteiger partial charge in [0.2, 0.25) is 5.91 Å². The van der Waals surface area contributed by atoms with Crippen molar-refractivity contribution in [1.82, 2.24) is 14.8 Å². The fraction of sp³-hybridized carbons (Fsp3) is 0.400. The molecule has 132 valence electrons. The zero-order chi connectivity index (χ0) is 17.5. The third kappa shape index (κ3) is 5.11. The predicted octanol–water partition coefficient (Wildman–Crippen LogP) is 1.89. The van der Waals surface area contributed by atoms with Gasteiger partial charge < -0.3 is 10.0 Å². The predicted molar refractivity (Wildman–Crippen MR) is 97.0 cm³/mol. The standard InChI is InChI=1S/C20H25N3O2/c24-19(18-4-2-1-3-5-18)16-22-12-14-23(15-13-22)20(25)7-6-17-8-10-21-11-9-17/h1-5,8-11,19,24H,6-7,12-16H2. The van der Waals surface area contributed by atoms with Gasteiger partial charge in [-0.2, -0.15) is 0 Å². The van der Waals surface area contributed by atoms with Crippen molar-refractivity contribution in [2.75, 3.05) is 32.7 Å². The summed E-state index contributed by atoms with van der Waals surface area (Å²) < 4.78 is 0. The molecule has 0 radical (unpaired) electrons. The highest BCUT2D eigenvalue weighted by Gasteiger charge is 2.22. The van der Waals surface area contributed by atoms with E-state index in [-0.39, 0.29) is 5.91 Å². The maximum atomic E-state index is 12.4. The minimum absolute atomic E-state index is 0.208. The van der Waals surface area contributed by atoms with Gasteiger partial charge in [-0.1, -0.05) is 30.3 Å². The van der Waals surface area contributed by atoms with Gasteiger partial charge in [-0.05, 0) is 29.7 Å². The fourth-order valence-electron chi connectivity index (χ4n) is 3.16. The molecule has 2 aromatic rings. The molecule has 1 aromatic carbocycles. The lowest BCUT2D eigenvalue weighted by Gasteiger charge is -2.35. The van der Waals surface area contributed by atoms with E-state index in [1.807, 2.05) is 47.4 Å². The van der Waals surface area contributed by atoms with Crippen LogP contribution in [-0.4, -0.2) is 58.5 Å². The van der Waals surface area contributed by atoms with E-state index >= 15 is 0 Å². The van der Waals surface area contributed by atoms with Crippen molar-refractivity contribution in [3.8, 4) is 0 Å². The van der Waals surface area contributed by atoms with Crippen molar-refractivity contribution in [3.63, 3.8) is 0 Å². The van der Waals surface area contributed by atoms with Gasteiger partial charge in [-0.3, -0.25) is 14.7 Å². The zero-order valence-corrected chi connectivity index (χ0v) is 14.4. The number of benzene rings is 1. The minimum Gasteiger partial charge on any atom is -0.387 e. The normalized spacial score (nSPS) is 16.6. The number of aromatic nitrogens is 1. The van der Waals surface area contributed by atoms with Crippen LogP contribution in [0.4, 0.5) is 0 Å². The number of nitrogens with zero attached hydrogens (tertiary/aromatic N) is 3. The van der Waals surface area contributed by atoms with E-state index < -0.39 is 6.10 Å². The van der Waals surface area contributed by atoms with Crippen molar-refractivity contribution < 1.29 is 9.90 Å². The highest BCUT2D eigenvalue weighted by molar-refractivity contribution is 5.76. The van der Waals surface area contributed by atoms with Crippen LogP contribution in [0.5, 0.6) is 0 Å². The summed E-state index contributed by atoms with van der Waals surface area (Å²) in [4.78, 5) is 20.5. The van der Waals surface area contributed by atoms with E-state index in [1.165, 1.54) is 0 Å². The lowest BCUT2D eigenvalue weighted by Crippen LogP contribution is -2.49. The van der Waals surface area contributed by atoms with Crippen LogP contribution in [0.25, 0.3) is 0 Å². The molecule has 5 nitrogen and oxygen atoms in total. The van der Waals surface area contributed by atoms with Gasteiger partial charge in [0.25, 0.3) is 0 Å². The maximum Gasteiger partial charge on any atom is 0.222 e. The molecular weight excluding hydrogens is 314 g/mol. The number of hydrogen-bond donors (Lipinski definition) is 1. The van der Waals surface area contributed by atoms with Crippen LogP contribution in [-0.2, 0) is 11.2 Å². The molecule has 0 spiro atoms. The number of aryl methyl sites for hydroxylation is 1. The van der Waals surface area contributed by atoms with Crippen molar-refractivity contribution in [2.24, 2.45) is 0 Å². The van der Waals surface area contributed by atoms with E-state index in [1.54, 1.807) is 12.4 Å². The van der Waals surface area contributed by atoms with Crippen molar-refractivity contribution in [1.29, 1.82) is 0 Å². The number of aliphatic hydroxyl groups is 1. The number of rotatable bonds is 6. The molecule has 0 aliphatic carbocycles. The summed E-state index contributed by atoms with van der Waals surface area (Å²) in [6, 6.07) is 13.6.